The van der Waals surface area contributed by atoms with Gasteiger partial charge in [0.15, 0.2) is 0 Å². The maximum atomic E-state index is 4.79. The van der Waals surface area contributed by atoms with E-state index in [1.807, 2.05) is 23.5 Å². The van der Waals surface area contributed by atoms with Crippen molar-refractivity contribution < 1.29 is 0 Å². The Kier molecular flexibility index (Phi) is 8.27. The van der Waals surface area contributed by atoms with Crippen LogP contribution in [0, 0.1) is 0 Å². The fraction of sp³-hybridized carbons (Fsp3) is 0.0612. The van der Waals surface area contributed by atoms with Crippen LogP contribution in [0.5, 0.6) is 0 Å². The SMILES string of the molecule is C=C/C=C\C=C1\C2=C(CC(c3ccc4c(c3)C(=C)c3c(sc5c3CC=C5)/C=C\N4C/C=C\c3ccccc3)=C2)N1c1ccc(-c2ccccc2)cc1. The summed E-state index contributed by atoms with van der Waals surface area (Å²) in [5.41, 5.74) is 17.4. The van der Waals surface area contributed by atoms with E-state index in [2.05, 4.69) is 174 Å². The summed E-state index contributed by atoms with van der Waals surface area (Å²) in [5, 5.41) is 0. The average molecular weight is 687 g/mol. The van der Waals surface area contributed by atoms with Crippen LogP contribution >= 0.6 is 11.3 Å². The molecule has 3 heteroatoms. The first-order valence-electron chi connectivity index (χ1n) is 17.9. The Hall–Kier alpha value is -6.16. The smallest absolute Gasteiger partial charge is 0.0549 e. The van der Waals surface area contributed by atoms with Gasteiger partial charge in [-0.15, -0.1) is 11.3 Å². The Morgan fingerprint density at radius 3 is 2.37 bits per heavy atom. The molecule has 52 heavy (non-hydrogen) atoms. The summed E-state index contributed by atoms with van der Waals surface area (Å²) < 4.78 is 0. The second-order valence-electron chi connectivity index (χ2n) is 13.4. The molecule has 0 saturated heterocycles. The van der Waals surface area contributed by atoms with Crippen LogP contribution in [0.4, 0.5) is 11.4 Å². The molecule has 0 fully saturated rings. The lowest BCUT2D eigenvalue weighted by atomic mass is 9.90. The molecule has 0 unspecified atom stereocenters. The van der Waals surface area contributed by atoms with Crippen molar-refractivity contribution in [3.05, 3.63) is 220 Å². The first kappa shape index (κ1) is 31.8. The summed E-state index contributed by atoms with van der Waals surface area (Å²) in [6.45, 7) is 9.43. The minimum absolute atomic E-state index is 0.758. The van der Waals surface area contributed by atoms with Gasteiger partial charge in [0.05, 0.1) is 5.70 Å². The van der Waals surface area contributed by atoms with Crippen LogP contribution in [0.2, 0.25) is 0 Å². The molecule has 4 aromatic carbocycles. The molecule has 2 aliphatic heterocycles. The molecule has 1 aromatic heterocycles. The summed E-state index contributed by atoms with van der Waals surface area (Å²) in [6.07, 6.45) is 25.9. The third-order valence-electron chi connectivity index (χ3n) is 10.3. The topological polar surface area (TPSA) is 6.48 Å². The zero-order valence-corrected chi connectivity index (χ0v) is 29.8. The van der Waals surface area contributed by atoms with Gasteiger partial charge in [-0.2, -0.15) is 0 Å². The molecule has 4 aliphatic rings. The van der Waals surface area contributed by atoms with E-state index in [0.717, 1.165) is 25.0 Å². The quantitative estimate of drug-likeness (QED) is 0.150. The first-order chi connectivity index (χ1) is 25.7. The lowest BCUT2D eigenvalue weighted by Gasteiger charge is -2.38. The molecular weight excluding hydrogens is 649 g/mol. The van der Waals surface area contributed by atoms with Crippen LogP contribution in [0.3, 0.4) is 0 Å². The van der Waals surface area contributed by atoms with Gasteiger partial charge in [-0.1, -0.05) is 128 Å². The zero-order chi connectivity index (χ0) is 35.0. The molecule has 2 aliphatic carbocycles. The third kappa shape index (κ3) is 5.70. The Bertz CT molecular complexity index is 2440. The normalized spacial score (nSPS) is 17.2. The Morgan fingerprint density at radius 2 is 1.56 bits per heavy atom. The molecule has 0 atom stereocenters. The van der Waals surface area contributed by atoms with Crippen molar-refractivity contribution in [1.29, 1.82) is 0 Å². The van der Waals surface area contributed by atoms with Crippen LogP contribution in [0.15, 0.2) is 182 Å². The molecule has 0 radical (unpaired) electrons. The highest BCUT2D eigenvalue weighted by molar-refractivity contribution is 7.14. The Morgan fingerprint density at radius 1 is 0.788 bits per heavy atom. The zero-order valence-electron chi connectivity index (χ0n) is 29.0. The molecule has 0 bridgehead atoms. The molecule has 9 rings (SSSR count). The minimum Gasteiger partial charge on any atom is -0.344 e. The van der Waals surface area contributed by atoms with Crippen LogP contribution in [0.1, 0.15) is 44.0 Å². The molecule has 250 valence electrons. The van der Waals surface area contributed by atoms with Crippen LogP contribution in [-0.4, -0.2) is 6.54 Å². The van der Waals surface area contributed by atoms with E-state index < -0.39 is 0 Å². The van der Waals surface area contributed by atoms with Gasteiger partial charge in [-0.3, -0.25) is 0 Å². The van der Waals surface area contributed by atoms with Crippen molar-refractivity contribution in [2.24, 2.45) is 0 Å². The highest BCUT2D eigenvalue weighted by Crippen LogP contribution is 2.51. The summed E-state index contributed by atoms with van der Waals surface area (Å²) in [7, 11) is 0. The van der Waals surface area contributed by atoms with Gasteiger partial charge in [0.2, 0.25) is 0 Å². The van der Waals surface area contributed by atoms with E-state index in [-0.39, 0.29) is 0 Å². The van der Waals surface area contributed by atoms with E-state index in [1.54, 1.807) is 0 Å². The Balaban J connectivity index is 1.06. The number of fused-ring (bicyclic) bond motifs is 4. The number of nitrogens with zero attached hydrogens (tertiary/aromatic N) is 2. The molecule has 2 nitrogen and oxygen atoms in total. The fourth-order valence-electron chi connectivity index (χ4n) is 7.72. The number of thiophene rings is 1. The molecular formula is C49H38N2S. The van der Waals surface area contributed by atoms with E-state index in [1.165, 1.54) is 82.6 Å². The maximum Gasteiger partial charge on any atom is 0.0549 e. The second-order valence-corrected chi connectivity index (χ2v) is 14.5. The number of anilines is 2. The van der Waals surface area contributed by atoms with E-state index >= 15 is 0 Å². The highest BCUT2D eigenvalue weighted by Gasteiger charge is 2.36. The van der Waals surface area contributed by atoms with E-state index in [0.29, 0.717) is 0 Å². The van der Waals surface area contributed by atoms with Gasteiger partial charge < -0.3 is 9.80 Å². The van der Waals surface area contributed by atoms with Crippen LogP contribution < -0.4 is 9.80 Å². The van der Waals surface area contributed by atoms with Crippen LogP contribution in [-0.2, 0) is 6.42 Å². The third-order valence-corrected chi connectivity index (χ3v) is 11.4. The number of hydrogen-bond donors (Lipinski definition) is 0. The summed E-state index contributed by atoms with van der Waals surface area (Å²) >= 11 is 1.87. The van der Waals surface area contributed by atoms with Crippen molar-refractivity contribution in [2.75, 3.05) is 16.3 Å². The Labute approximate surface area is 310 Å². The van der Waals surface area contributed by atoms with Gasteiger partial charge >= 0.3 is 0 Å². The molecule has 0 saturated carbocycles. The van der Waals surface area contributed by atoms with Gasteiger partial charge in [-0.25, -0.2) is 0 Å². The molecule has 0 N–H and O–H groups in total. The summed E-state index contributed by atoms with van der Waals surface area (Å²) in [6, 6.07) is 37.0. The number of rotatable bonds is 8. The van der Waals surface area contributed by atoms with Crippen molar-refractivity contribution in [2.45, 2.75) is 12.8 Å². The van der Waals surface area contributed by atoms with E-state index in [4.69, 9.17) is 6.58 Å². The summed E-state index contributed by atoms with van der Waals surface area (Å²) in [5.74, 6) is 0. The summed E-state index contributed by atoms with van der Waals surface area (Å²) in [4.78, 5) is 7.41. The number of hydrogen-bond acceptors (Lipinski definition) is 3. The maximum absolute atomic E-state index is 4.79. The number of allylic oxidation sites excluding steroid dienone is 7. The van der Waals surface area contributed by atoms with Gasteiger partial charge in [0, 0.05) is 62.7 Å². The largest absolute Gasteiger partial charge is 0.344 e. The first-order valence-corrected chi connectivity index (χ1v) is 18.7. The lowest BCUT2D eigenvalue weighted by Crippen LogP contribution is -2.31. The average Bonchev–Trinajstić information content (AvgIpc) is 3.89. The van der Waals surface area contributed by atoms with Gasteiger partial charge in [0.25, 0.3) is 0 Å². The second kappa shape index (κ2) is 13.5. The number of benzene rings is 4. The molecule has 5 aromatic rings. The molecule has 0 spiro atoms. The minimum atomic E-state index is 0.758. The lowest BCUT2D eigenvalue weighted by molar-refractivity contribution is 0.960. The molecule has 0 amide bonds. The predicted octanol–water partition coefficient (Wildman–Crippen LogP) is 12.7. The van der Waals surface area contributed by atoms with Crippen molar-refractivity contribution in [3.8, 4) is 11.1 Å². The highest BCUT2D eigenvalue weighted by atomic mass is 32.1. The van der Waals surface area contributed by atoms with Gasteiger partial charge in [0.1, 0.15) is 0 Å². The standard InChI is InChI=1S/C49H38N2S/c1-3-4-7-20-45-43-32-39(33-46(43)51(45)40-25-22-37(23-26-40)36-17-10-6-11-18-36)38-24-27-44-42(31-38)34(2)49-41-19-12-21-47(41)52-48(49)28-30-50(44)29-13-16-35-14-8-5-9-15-35/h3-18,20-28,30-32H,1-2,19,29,33H2/b7-4-,16-13-,30-28-,45-20-. The monoisotopic (exact) mass is 686 g/mol. The fourth-order valence-corrected chi connectivity index (χ4v) is 8.91. The van der Waals surface area contributed by atoms with Crippen LogP contribution in [0.25, 0.3) is 40.5 Å². The van der Waals surface area contributed by atoms with Gasteiger partial charge in [-0.05, 0) is 94.0 Å². The van der Waals surface area contributed by atoms with Crippen molar-refractivity contribution in [1.82, 2.24) is 0 Å². The predicted molar refractivity (Wildman–Crippen MR) is 225 cm³/mol. The van der Waals surface area contributed by atoms with Crippen molar-refractivity contribution in [3.63, 3.8) is 0 Å². The van der Waals surface area contributed by atoms with Crippen molar-refractivity contribution >= 4 is 52.1 Å². The van der Waals surface area contributed by atoms with E-state index in [9.17, 15) is 0 Å². The molecule has 3 heterocycles.